The van der Waals surface area contributed by atoms with Crippen LogP contribution in [0, 0.1) is 5.41 Å². The maximum absolute atomic E-state index is 8.15. The Morgan fingerprint density at radius 3 is 1.73 bits per heavy atom. The maximum Gasteiger partial charge on any atom is 0.0690 e. The summed E-state index contributed by atoms with van der Waals surface area (Å²) < 4.78 is 0. The van der Waals surface area contributed by atoms with Crippen LogP contribution >= 0.6 is 0 Å². The molecule has 0 spiro atoms. The van der Waals surface area contributed by atoms with E-state index in [9.17, 15) is 0 Å². The zero-order valence-electron chi connectivity index (χ0n) is 8.33. The highest BCUT2D eigenvalue weighted by atomic mass is 14.4. The monoisotopic (exact) mass is 193 g/mol. The third kappa shape index (κ3) is 1.20. The molecule has 1 aliphatic carbocycles. The van der Waals surface area contributed by atoms with E-state index in [0.717, 1.165) is 17.5 Å². The standard InChI is InChI=1S/C14H11N/c15-14-12-7-3-1-5-10(12)9-11-6-2-4-8-13(11)14/h1-8,15H,9H2. The predicted octanol–water partition coefficient (Wildman–Crippen LogP) is 3.01. The minimum Gasteiger partial charge on any atom is -0.300 e. The van der Waals surface area contributed by atoms with E-state index in [0.29, 0.717) is 5.71 Å². The van der Waals surface area contributed by atoms with Crippen LogP contribution in [0.25, 0.3) is 0 Å². The fourth-order valence-corrected chi connectivity index (χ4v) is 2.19. The van der Waals surface area contributed by atoms with E-state index in [1.807, 2.05) is 36.4 Å². The minimum atomic E-state index is 0.660. The van der Waals surface area contributed by atoms with Gasteiger partial charge in [-0.1, -0.05) is 48.5 Å². The van der Waals surface area contributed by atoms with Crippen molar-refractivity contribution in [2.75, 3.05) is 0 Å². The Labute approximate surface area is 88.9 Å². The van der Waals surface area contributed by atoms with E-state index in [1.54, 1.807) is 0 Å². The number of fused-ring (bicyclic) bond motifs is 2. The number of hydrogen-bond donors (Lipinski definition) is 1. The summed E-state index contributed by atoms with van der Waals surface area (Å²) in [5.41, 5.74) is 5.35. The van der Waals surface area contributed by atoms with Crippen LogP contribution in [0.3, 0.4) is 0 Å². The molecule has 0 heterocycles. The second-order valence-corrected chi connectivity index (χ2v) is 3.87. The first-order valence-electron chi connectivity index (χ1n) is 5.11. The first kappa shape index (κ1) is 8.42. The van der Waals surface area contributed by atoms with Crippen LogP contribution in [0.1, 0.15) is 22.3 Å². The number of nitrogens with one attached hydrogen (secondary N) is 1. The molecule has 0 aliphatic heterocycles. The van der Waals surface area contributed by atoms with Crippen molar-refractivity contribution < 1.29 is 0 Å². The van der Waals surface area contributed by atoms with Crippen molar-refractivity contribution in [2.45, 2.75) is 6.42 Å². The van der Waals surface area contributed by atoms with Gasteiger partial charge in [-0.05, 0) is 17.5 Å². The predicted molar refractivity (Wildman–Crippen MR) is 61.6 cm³/mol. The van der Waals surface area contributed by atoms with Crippen molar-refractivity contribution >= 4 is 5.71 Å². The molecule has 15 heavy (non-hydrogen) atoms. The van der Waals surface area contributed by atoms with Gasteiger partial charge in [-0.3, -0.25) is 5.41 Å². The van der Waals surface area contributed by atoms with Gasteiger partial charge in [0.2, 0.25) is 0 Å². The fourth-order valence-electron chi connectivity index (χ4n) is 2.19. The number of rotatable bonds is 0. The van der Waals surface area contributed by atoms with E-state index in [4.69, 9.17) is 5.41 Å². The molecule has 2 aromatic carbocycles. The normalized spacial score (nSPS) is 13.2. The van der Waals surface area contributed by atoms with Crippen LogP contribution < -0.4 is 0 Å². The third-order valence-electron chi connectivity index (χ3n) is 2.95. The van der Waals surface area contributed by atoms with Crippen LogP contribution in [0.5, 0.6) is 0 Å². The van der Waals surface area contributed by atoms with Crippen LogP contribution in [0.15, 0.2) is 48.5 Å². The summed E-state index contributed by atoms with van der Waals surface area (Å²) in [4.78, 5) is 0. The second kappa shape index (κ2) is 3.06. The topological polar surface area (TPSA) is 23.9 Å². The summed E-state index contributed by atoms with van der Waals surface area (Å²) in [7, 11) is 0. The summed E-state index contributed by atoms with van der Waals surface area (Å²) in [5, 5.41) is 8.15. The molecular formula is C14H11N. The van der Waals surface area contributed by atoms with E-state index in [-0.39, 0.29) is 0 Å². The van der Waals surface area contributed by atoms with Gasteiger partial charge in [0.05, 0.1) is 5.71 Å². The van der Waals surface area contributed by atoms with Gasteiger partial charge in [0.15, 0.2) is 0 Å². The molecule has 2 aromatic rings. The Hall–Kier alpha value is -1.89. The molecule has 0 radical (unpaired) electrons. The Morgan fingerprint density at radius 2 is 1.20 bits per heavy atom. The smallest absolute Gasteiger partial charge is 0.0690 e. The molecule has 0 amide bonds. The molecule has 0 unspecified atom stereocenters. The number of benzene rings is 2. The second-order valence-electron chi connectivity index (χ2n) is 3.87. The van der Waals surface area contributed by atoms with Gasteiger partial charge < -0.3 is 0 Å². The molecule has 72 valence electrons. The van der Waals surface area contributed by atoms with Crippen LogP contribution in [0.4, 0.5) is 0 Å². The zero-order valence-corrected chi connectivity index (χ0v) is 8.33. The molecule has 1 N–H and O–H groups in total. The summed E-state index contributed by atoms with van der Waals surface area (Å²) in [5.74, 6) is 0. The molecule has 1 heteroatoms. The van der Waals surface area contributed by atoms with Gasteiger partial charge >= 0.3 is 0 Å². The lowest BCUT2D eigenvalue weighted by Gasteiger charge is -2.19. The molecule has 0 bridgehead atoms. The average Bonchev–Trinajstić information content (AvgIpc) is 2.30. The van der Waals surface area contributed by atoms with Gasteiger partial charge in [-0.25, -0.2) is 0 Å². The summed E-state index contributed by atoms with van der Waals surface area (Å²) in [6.45, 7) is 0. The molecule has 0 saturated heterocycles. The highest BCUT2D eigenvalue weighted by Crippen LogP contribution is 2.26. The largest absolute Gasteiger partial charge is 0.300 e. The lowest BCUT2D eigenvalue weighted by Crippen LogP contribution is -2.14. The first-order chi connectivity index (χ1) is 7.36. The van der Waals surface area contributed by atoms with Crippen molar-refractivity contribution in [3.8, 4) is 0 Å². The van der Waals surface area contributed by atoms with E-state index in [2.05, 4.69) is 12.1 Å². The van der Waals surface area contributed by atoms with Gasteiger partial charge in [0, 0.05) is 11.1 Å². The minimum absolute atomic E-state index is 0.660. The summed E-state index contributed by atoms with van der Waals surface area (Å²) in [6.07, 6.45) is 0.953. The van der Waals surface area contributed by atoms with E-state index >= 15 is 0 Å². The fraction of sp³-hybridized carbons (Fsp3) is 0.0714. The maximum atomic E-state index is 8.15. The molecule has 0 atom stereocenters. The molecule has 0 saturated carbocycles. The Balaban J connectivity index is 2.24. The molecule has 1 aliphatic rings. The van der Waals surface area contributed by atoms with Crippen LogP contribution in [-0.2, 0) is 6.42 Å². The Bertz CT molecular complexity index is 493. The van der Waals surface area contributed by atoms with Gasteiger partial charge in [0.25, 0.3) is 0 Å². The quantitative estimate of drug-likeness (QED) is 0.567. The van der Waals surface area contributed by atoms with E-state index in [1.165, 1.54) is 11.1 Å². The van der Waals surface area contributed by atoms with Crippen molar-refractivity contribution in [3.63, 3.8) is 0 Å². The summed E-state index contributed by atoms with van der Waals surface area (Å²) >= 11 is 0. The van der Waals surface area contributed by atoms with Gasteiger partial charge in [-0.15, -0.1) is 0 Å². The SMILES string of the molecule is N=C1c2ccccc2Cc2ccccc21. The van der Waals surface area contributed by atoms with Crippen LogP contribution in [-0.4, -0.2) is 5.71 Å². The van der Waals surface area contributed by atoms with Gasteiger partial charge in [0.1, 0.15) is 0 Å². The van der Waals surface area contributed by atoms with E-state index < -0.39 is 0 Å². The lowest BCUT2D eigenvalue weighted by molar-refractivity contribution is 1.14. The molecule has 3 rings (SSSR count). The molecule has 1 nitrogen and oxygen atoms in total. The van der Waals surface area contributed by atoms with Crippen molar-refractivity contribution in [2.24, 2.45) is 0 Å². The van der Waals surface area contributed by atoms with Crippen LogP contribution in [0.2, 0.25) is 0 Å². The molecular weight excluding hydrogens is 182 g/mol. The van der Waals surface area contributed by atoms with Crippen molar-refractivity contribution in [1.82, 2.24) is 0 Å². The lowest BCUT2D eigenvalue weighted by atomic mass is 9.85. The summed E-state index contributed by atoms with van der Waals surface area (Å²) in [6, 6.07) is 16.4. The highest BCUT2D eigenvalue weighted by molar-refractivity contribution is 6.13. The third-order valence-corrected chi connectivity index (χ3v) is 2.95. The highest BCUT2D eigenvalue weighted by Gasteiger charge is 2.18. The first-order valence-corrected chi connectivity index (χ1v) is 5.11. The van der Waals surface area contributed by atoms with Crippen molar-refractivity contribution in [1.29, 1.82) is 5.41 Å². The van der Waals surface area contributed by atoms with Crippen molar-refractivity contribution in [3.05, 3.63) is 70.8 Å². The molecule has 0 fully saturated rings. The average molecular weight is 193 g/mol. The Morgan fingerprint density at radius 1 is 0.733 bits per heavy atom. The Kier molecular flexibility index (Phi) is 1.72. The zero-order chi connectivity index (χ0) is 10.3. The van der Waals surface area contributed by atoms with Gasteiger partial charge in [-0.2, -0.15) is 0 Å². The molecule has 0 aromatic heterocycles. The number of hydrogen-bond acceptors (Lipinski definition) is 1.